The molecule has 19 heavy (non-hydrogen) atoms. The molecular formula is C15H15N3O. The summed E-state index contributed by atoms with van der Waals surface area (Å²) in [7, 11) is 0. The highest BCUT2D eigenvalue weighted by Gasteiger charge is 2.03. The molecule has 1 atom stereocenters. The van der Waals surface area contributed by atoms with Crippen molar-refractivity contribution in [2.24, 2.45) is 0 Å². The first kappa shape index (κ1) is 11.7. The number of hydrogen-bond donors (Lipinski definition) is 3. The normalized spacial score (nSPS) is 12.5. The maximum Gasteiger partial charge on any atom is 0.130 e. The molecule has 0 spiro atoms. The van der Waals surface area contributed by atoms with E-state index in [1.54, 1.807) is 13.1 Å². The number of hydrogen-bond acceptors (Lipinski definition) is 3. The van der Waals surface area contributed by atoms with Crippen molar-refractivity contribution >= 4 is 22.4 Å². The highest BCUT2D eigenvalue weighted by Crippen LogP contribution is 2.22. The number of fused-ring (bicyclic) bond motifs is 1. The molecule has 2 heterocycles. The Balaban J connectivity index is 1.89. The lowest BCUT2D eigenvalue weighted by molar-refractivity contribution is 0.199. The summed E-state index contributed by atoms with van der Waals surface area (Å²) < 4.78 is 0. The molecule has 0 aliphatic rings. The van der Waals surface area contributed by atoms with Crippen LogP contribution in [0.2, 0.25) is 0 Å². The summed E-state index contributed by atoms with van der Waals surface area (Å²) in [4.78, 5) is 7.41. The number of H-pyrrole nitrogens is 1. The van der Waals surface area contributed by atoms with E-state index in [1.165, 1.54) is 0 Å². The number of nitrogens with zero attached hydrogens (tertiary/aromatic N) is 1. The number of rotatable bonds is 3. The summed E-state index contributed by atoms with van der Waals surface area (Å²) >= 11 is 0. The molecule has 3 aromatic rings. The number of benzene rings is 1. The summed E-state index contributed by atoms with van der Waals surface area (Å²) in [5.74, 6) is 0.730. The molecule has 4 heteroatoms. The first-order valence-corrected chi connectivity index (χ1v) is 6.20. The van der Waals surface area contributed by atoms with Crippen LogP contribution in [-0.4, -0.2) is 15.1 Å². The minimum atomic E-state index is -0.490. The smallest absolute Gasteiger partial charge is 0.130 e. The van der Waals surface area contributed by atoms with E-state index in [0.29, 0.717) is 0 Å². The van der Waals surface area contributed by atoms with Crippen LogP contribution in [0.15, 0.2) is 48.8 Å². The van der Waals surface area contributed by atoms with Gasteiger partial charge in [0.2, 0.25) is 0 Å². The number of pyridine rings is 1. The third-order valence-corrected chi connectivity index (χ3v) is 3.09. The standard InChI is InChI=1S/C15H15N3O/c1-10(19)11-4-7-17-15(9-11)18-13-2-3-14-12(8-13)5-6-16-14/h2-10,16,19H,1H3,(H,17,18). The van der Waals surface area contributed by atoms with Gasteiger partial charge in [-0.3, -0.25) is 0 Å². The molecule has 0 amide bonds. The van der Waals surface area contributed by atoms with Crippen LogP contribution in [0.4, 0.5) is 11.5 Å². The van der Waals surface area contributed by atoms with Gasteiger partial charge in [0, 0.05) is 29.0 Å². The van der Waals surface area contributed by atoms with Crippen molar-refractivity contribution in [2.45, 2.75) is 13.0 Å². The first-order valence-electron chi connectivity index (χ1n) is 6.20. The fraction of sp³-hybridized carbons (Fsp3) is 0.133. The monoisotopic (exact) mass is 253 g/mol. The van der Waals surface area contributed by atoms with Crippen molar-refractivity contribution < 1.29 is 5.11 Å². The van der Waals surface area contributed by atoms with Gasteiger partial charge in [0.25, 0.3) is 0 Å². The number of aromatic nitrogens is 2. The topological polar surface area (TPSA) is 60.9 Å². The summed E-state index contributed by atoms with van der Waals surface area (Å²) in [6, 6.07) is 11.8. The van der Waals surface area contributed by atoms with Crippen LogP contribution < -0.4 is 5.32 Å². The van der Waals surface area contributed by atoms with Gasteiger partial charge >= 0.3 is 0 Å². The van der Waals surface area contributed by atoms with Crippen LogP contribution in [0.3, 0.4) is 0 Å². The van der Waals surface area contributed by atoms with Gasteiger partial charge < -0.3 is 15.4 Å². The Morgan fingerprint density at radius 1 is 1.21 bits per heavy atom. The molecule has 0 aliphatic carbocycles. The largest absolute Gasteiger partial charge is 0.389 e. The Bertz CT molecular complexity index is 703. The van der Waals surface area contributed by atoms with E-state index in [-0.39, 0.29) is 0 Å². The Morgan fingerprint density at radius 2 is 2.11 bits per heavy atom. The predicted octanol–water partition coefficient (Wildman–Crippen LogP) is 3.36. The van der Waals surface area contributed by atoms with E-state index >= 15 is 0 Å². The third kappa shape index (κ3) is 2.44. The molecule has 1 aromatic carbocycles. The second-order valence-corrected chi connectivity index (χ2v) is 4.56. The average Bonchev–Trinajstić information content (AvgIpc) is 2.86. The van der Waals surface area contributed by atoms with E-state index in [4.69, 9.17) is 0 Å². The van der Waals surface area contributed by atoms with E-state index in [2.05, 4.69) is 21.4 Å². The number of nitrogens with one attached hydrogen (secondary N) is 2. The van der Waals surface area contributed by atoms with Crippen molar-refractivity contribution in [3.8, 4) is 0 Å². The highest BCUT2D eigenvalue weighted by molar-refractivity contribution is 5.83. The van der Waals surface area contributed by atoms with Gasteiger partial charge in [0.1, 0.15) is 5.82 Å². The van der Waals surface area contributed by atoms with Crippen LogP contribution >= 0.6 is 0 Å². The van der Waals surface area contributed by atoms with Crippen LogP contribution in [0.1, 0.15) is 18.6 Å². The van der Waals surface area contributed by atoms with Crippen molar-refractivity contribution in [3.63, 3.8) is 0 Å². The third-order valence-electron chi connectivity index (χ3n) is 3.09. The maximum atomic E-state index is 9.57. The molecule has 1 unspecified atom stereocenters. The second kappa shape index (κ2) is 4.74. The lowest BCUT2D eigenvalue weighted by Crippen LogP contribution is -1.97. The van der Waals surface area contributed by atoms with E-state index in [9.17, 15) is 5.11 Å². The van der Waals surface area contributed by atoms with Crippen LogP contribution in [0.25, 0.3) is 10.9 Å². The zero-order valence-electron chi connectivity index (χ0n) is 10.6. The Labute approximate surface area is 111 Å². The first-order chi connectivity index (χ1) is 9.22. The minimum absolute atomic E-state index is 0.490. The molecule has 96 valence electrons. The molecule has 0 radical (unpaired) electrons. The van der Waals surface area contributed by atoms with Crippen LogP contribution in [0.5, 0.6) is 0 Å². The zero-order valence-corrected chi connectivity index (χ0v) is 10.6. The summed E-state index contributed by atoms with van der Waals surface area (Å²) in [6.45, 7) is 1.74. The molecule has 0 saturated carbocycles. The van der Waals surface area contributed by atoms with Crippen LogP contribution in [-0.2, 0) is 0 Å². The molecule has 0 bridgehead atoms. The van der Waals surface area contributed by atoms with E-state index < -0.39 is 6.10 Å². The summed E-state index contributed by atoms with van der Waals surface area (Å²) in [5.41, 5.74) is 2.93. The lowest BCUT2D eigenvalue weighted by Gasteiger charge is -2.09. The quantitative estimate of drug-likeness (QED) is 0.670. The van der Waals surface area contributed by atoms with E-state index in [1.807, 2.05) is 36.5 Å². The van der Waals surface area contributed by atoms with Crippen molar-refractivity contribution in [3.05, 3.63) is 54.4 Å². The summed E-state index contributed by atoms with van der Waals surface area (Å²) in [5, 5.41) is 14.0. The Kier molecular flexibility index (Phi) is 2.93. The molecule has 3 rings (SSSR count). The van der Waals surface area contributed by atoms with Gasteiger partial charge in [0.05, 0.1) is 6.10 Å². The van der Waals surface area contributed by atoms with Crippen molar-refractivity contribution in [1.29, 1.82) is 0 Å². The number of aliphatic hydroxyl groups is 1. The van der Waals surface area contributed by atoms with Gasteiger partial charge in [-0.15, -0.1) is 0 Å². The number of anilines is 2. The Morgan fingerprint density at radius 3 is 2.95 bits per heavy atom. The molecule has 0 fully saturated rings. The Hall–Kier alpha value is -2.33. The SMILES string of the molecule is CC(O)c1ccnc(Nc2ccc3[nH]ccc3c2)c1. The molecule has 0 saturated heterocycles. The number of aliphatic hydroxyl groups excluding tert-OH is 1. The van der Waals surface area contributed by atoms with Crippen molar-refractivity contribution in [1.82, 2.24) is 9.97 Å². The van der Waals surface area contributed by atoms with Crippen LogP contribution in [0, 0.1) is 0 Å². The van der Waals surface area contributed by atoms with Gasteiger partial charge in [-0.25, -0.2) is 4.98 Å². The summed E-state index contributed by atoms with van der Waals surface area (Å²) in [6.07, 6.45) is 3.12. The fourth-order valence-corrected chi connectivity index (χ4v) is 2.05. The molecule has 0 aliphatic heterocycles. The van der Waals surface area contributed by atoms with Gasteiger partial charge in [-0.2, -0.15) is 0 Å². The maximum absolute atomic E-state index is 9.57. The molecular weight excluding hydrogens is 238 g/mol. The second-order valence-electron chi connectivity index (χ2n) is 4.56. The van der Waals surface area contributed by atoms with Crippen molar-refractivity contribution in [2.75, 3.05) is 5.32 Å². The van der Waals surface area contributed by atoms with Gasteiger partial charge in [-0.05, 0) is 48.9 Å². The predicted molar refractivity (Wildman–Crippen MR) is 76.5 cm³/mol. The minimum Gasteiger partial charge on any atom is -0.389 e. The molecule has 4 nitrogen and oxygen atoms in total. The highest BCUT2D eigenvalue weighted by atomic mass is 16.3. The average molecular weight is 253 g/mol. The van der Waals surface area contributed by atoms with Gasteiger partial charge in [-0.1, -0.05) is 0 Å². The van der Waals surface area contributed by atoms with E-state index in [0.717, 1.165) is 28.0 Å². The number of aromatic amines is 1. The molecule has 3 N–H and O–H groups in total. The lowest BCUT2D eigenvalue weighted by atomic mass is 10.1. The molecule has 2 aromatic heterocycles. The van der Waals surface area contributed by atoms with Gasteiger partial charge in [0.15, 0.2) is 0 Å². The fourth-order valence-electron chi connectivity index (χ4n) is 2.05. The zero-order chi connectivity index (χ0) is 13.2.